The van der Waals surface area contributed by atoms with Crippen LogP contribution in [-0.4, -0.2) is 0 Å². The lowest BCUT2D eigenvalue weighted by molar-refractivity contribution is 1.31. The highest BCUT2D eigenvalue weighted by Crippen LogP contribution is 2.48. The highest BCUT2D eigenvalue weighted by atomic mass is 32.1. The highest BCUT2D eigenvalue weighted by Gasteiger charge is 2.20. The van der Waals surface area contributed by atoms with Crippen LogP contribution in [0.15, 0.2) is 188 Å². The van der Waals surface area contributed by atoms with Gasteiger partial charge in [0.1, 0.15) is 0 Å². The molecule has 53 heavy (non-hydrogen) atoms. The number of anilines is 3. The second kappa shape index (κ2) is 12.2. The quantitative estimate of drug-likeness (QED) is 0.161. The molecular weight excluding hydrogens is 679 g/mol. The Bertz CT molecular complexity index is 3170. The van der Waals surface area contributed by atoms with Gasteiger partial charge < -0.3 is 4.90 Å². The molecule has 0 saturated heterocycles. The minimum atomic E-state index is 1.13. The number of fused-ring (bicyclic) bond motifs is 9. The van der Waals surface area contributed by atoms with Gasteiger partial charge in [-0.1, -0.05) is 140 Å². The molecule has 0 aliphatic carbocycles. The maximum absolute atomic E-state index is 2.46. The number of nitrogens with zero attached hydrogens (tertiary/aromatic N) is 1. The minimum absolute atomic E-state index is 1.13. The molecule has 0 spiro atoms. The molecule has 0 amide bonds. The fraction of sp³-hybridized carbons (Fsp3) is 0. The first-order valence-electron chi connectivity index (χ1n) is 18.0. The Kier molecular flexibility index (Phi) is 6.97. The monoisotopic (exact) mass is 709 g/mol. The highest BCUT2D eigenvalue weighted by molar-refractivity contribution is 7.26. The molecule has 248 valence electrons. The molecule has 0 N–H and O–H groups in total. The zero-order valence-corrected chi connectivity index (χ0v) is 30.3. The van der Waals surface area contributed by atoms with Gasteiger partial charge in [-0.2, -0.15) is 0 Å². The third-order valence-corrected chi connectivity index (χ3v) is 13.0. The summed E-state index contributed by atoms with van der Waals surface area (Å²) in [6.45, 7) is 0. The van der Waals surface area contributed by atoms with Gasteiger partial charge in [-0.15, -0.1) is 22.7 Å². The normalized spacial score (nSPS) is 11.8. The van der Waals surface area contributed by atoms with E-state index in [9.17, 15) is 0 Å². The topological polar surface area (TPSA) is 3.24 Å². The van der Waals surface area contributed by atoms with Crippen LogP contribution in [0.1, 0.15) is 0 Å². The van der Waals surface area contributed by atoms with Crippen LogP contribution < -0.4 is 4.90 Å². The molecule has 2 heterocycles. The van der Waals surface area contributed by atoms with Crippen LogP contribution in [0.25, 0.3) is 84.1 Å². The maximum atomic E-state index is 2.46. The predicted octanol–water partition coefficient (Wildman–Crippen LogP) is 15.5. The standard InChI is InChI=1S/C50H31NS2/c1-2-11-32(12-3-1)40-30-29-39(48-41-15-6-9-19-46(41)53-50(40)48)34-23-26-36(27-24-34)51(44-17-10-20-47-49(44)42-16-7-8-18-45(42)52-47)37-28-25-35-22-21-33-13-4-5-14-38(33)43(35)31-37/h1-31H. The molecule has 0 fully saturated rings. The second-order valence-corrected chi connectivity index (χ2v) is 15.8. The van der Waals surface area contributed by atoms with Gasteiger partial charge in [0.25, 0.3) is 0 Å². The third kappa shape index (κ3) is 4.89. The lowest BCUT2D eigenvalue weighted by Crippen LogP contribution is -2.10. The van der Waals surface area contributed by atoms with Crippen molar-refractivity contribution in [2.24, 2.45) is 0 Å². The van der Waals surface area contributed by atoms with Crippen LogP contribution in [0.5, 0.6) is 0 Å². The Morgan fingerprint density at radius 2 is 0.925 bits per heavy atom. The summed E-state index contributed by atoms with van der Waals surface area (Å²) in [7, 11) is 0. The molecule has 0 bridgehead atoms. The summed E-state index contributed by atoms with van der Waals surface area (Å²) in [4.78, 5) is 2.46. The number of hydrogen-bond donors (Lipinski definition) is 0. The van der Waals surface area contributed by atoms with Crippen molar-refractivity contribution >= 4 is 102 Å². The molecule has 11 aromatic rings. The summed E-state index contributed by atoms with van der Waals surface area (Å²) in [5.74, 6) is 0. The smallest absolute Gasteiger partial charge is 0.0554 e. The third-order valence-electron chi connectivity index (χ3n) is 10.7. The molecule has 1 nitrogen and oxygen atoms in total. The largest absolute Gasteiger partial charge is 0.310 e. The van der Waals surface area contributed by atoms with Crippen molar-refractivity contribution in [2.45, 2.75) is 0 Å². The van der Waals surface area contributed by atoms with Gasteiger partial charge in [0.15, 0.2) is 0 Å². The molecule has 3 heteroatoms. The fourth-order valence-electron chi connectivity index (χ4n) is 8.20. The summed E-state index contributed by atoms with van der Waals surface area (Å²) >= 11 is 3.76. The molecule has 2 aromatic heterocycles. The number of thiophene rings is 2. The average molecular weight is 710 g/mol. The average Bonchev–Trinajstić information content (AvgIpc) is 3.81. The summed E-state index contributed by atoms with van der Waals surface area (Å²) < 4.78 is 5.25. The first-order chi connectivity index (χ1) is 26.3. The Labute approximate surface area is 315 Å². The summed E-state index contributed by atoms with van der Waals surface area (Å²) in [5, 5.41) is 10.2. The number of benzene rings is 9. The van der Waals surface area contributed by atoms with E-state index in [0.29, 0.717) is 0 Å². The zero-order valence-electron chi connectivity index (χ0n) is 28.7. The molecule has 0 atom stereocenters. The molecule has 0 aliphatic rings. The van der Waals surface area contributed by atoms with Gasteiger partial charge in [-0.05, 0) is 92.3 Å². The minimum Gasteiger partial charge on any atom is -0.310 e. The lowest BCUT2D eigenvalue weighted by atomic mass is 9.94. The van der Waals surface area contributed by atoms with Crippen molar-refractivity contribution in [2.75, 3.05) is 4.90 Å². The van der Waals surface area contributed by atoms with E-state index in [0.717, 1.165) is 11.4 Å². The second-order valence-electron chi connectivity index (χ2n) is 13.7. The van der Waals surface area contributed by atoms with Crippen molar-refractivity contribution in [1.82, 2.24) is 0 Å². The molecule has 0 aliphatic heterocycles. The van der Waals surface area contributed by atoms with E-state index in [-0.39, 0.29) is 0 Å². The fourth-order valence-corrected chi connectivity index (χ4v) is 10.6. The van der Waals surface area contributed by atoms with Crippen molar-refractivity contribution in [3.8, 4) is 22.3 Å². The first-order valence-corrected chi connectivity index (χ1v) is 19.6. The van der Waals surface area contributed by atoms with Gasteiger partial charge in [0.05, 0.1) is 5.69 Å². The van der Waals surface area contributed by atoms with Gasteiger partial charge >= 0.3 is 0 Å². The van der Waals surface area contributed by atoms with E-state index in [2.05, 4.69) is 193 Å². The number of rotatable bonds is 5. The van der Waals surface area contributed by atoms with Gasteiger partial charge in [-0.3, -0.25) is 0 Å². The van der Waals surface area contributed by atoms with Crippen LogP contribution in [0.3, 0.4) is 0 Å². The van der Waals surface area contributed by atoms with E-state index in [1.807, 2.05) is 22.7 Å². The van der Waals surface area contributed by atoms with Crippen molar-refractivity contribution < 1.29 is 0 Å². The Hall–Kier alpha value is -6.26. The van der Waals surface area contributed by atoms with Gasteiger partial charge in [0, 0.05) is 51.7 Å². The van der Waals surface area contributed by atoms with Crippen LogP contribution in [0, 0.1) is 0 Å². The van der Waals surface area contributed by atoms with E-state index in [1.165, 1.54) is 89.8 Å². The van der Waals surface area contributed by atoms with Gasteiger partial charge in [0.2, 0.25) is 0 Å². The summed E-state index contributed by atoms with van der Waals surface area (Å²) in [6, 6.07) is 69.2. The van der Waals surface area contributed by atoms with Crippen LogP contribution >= 0.6 is 22.7 Å². The predicted molar refractivity (Wildman–Crippen MR) is 233 cm³/mol. The Morgan fingerprint density at radius 1 is 0.340 bits per heavy atom. The molecule has 11 rings (SSSR count). The Balaban J connectivity index is 1.12. The molecular formula is C50H31NS2. The summed E-state index contributed by atoms with van der Waals surface area (Å²) in [6.07, 6.45) is 0. The van der Waals surface area contributed by atoms with Crippen LogP contribution in [0.2, 0.25) is 0 Å². The van der Waals surface area contributed by atoms with Crippen LogP contribution in [-0.2, 0) is 0 Å². The van der Waals surface area contributed by atoms with Crippen LogP contribution in [0.4, 0.5) is 17.1 Å². The molecule has 0 unspecified atom stereocenters. The van der Waals surface area contributed by atoms with Crippen molar-refractivity contribution in [3.63, 3.8) is 0 Å². The zero-order chi connectivity index (χ0) is 34.9. The van der Waals surface area contributed by atoms with E-state index >= 15 is 0 Å². The lowest BCUT2D eigenvalue weighted by Gasteiger charge is -2.27. The van der Waals surface area contributed by atoms with Crippen molar-refractivity contribution in [3.05, 3.63) is 188 Å². The molecule has 9 aromatic carbocycles. The SMILES string of the molecule is c1ccc(-c2ccc(-c3ccc(N(c4ccc5ccc6ccccc6c5c4)c4cccc5sc6ccccc6c45)cc3)c3c2sc2ccccc23)cc1. The number of hydrogen-bond acceptors (Lipinski definition) is 3. The van der Waals surface area contributed by atoms with E-state index < -0.39 is 0 Å². The van der Waals surface area contributed by atoms with E-state index in [4.69, 9.17) is 0 Å². The van der Waals surface area contributed by atoms with E-state index in [1.54, 1.807) is 0 Å². The summed E-state index contributed by atoms with van der Waals surface area (Å²) in [5.41, 5.74) is 8.47. The first kappa shape index (κ1) is 30.4. The maximum Gasteiger partial charge on any atom is 0.0554 e. The Morgan fingerprint density at radius 3 is 1.74 bits per heavy atom. The van der Waals surface area contributed by atoms with Crippen molar-refractivity contribution in [1.29, 1.82) is 0 Å². The molecule has 0 saturated carbocycles. The van der Waals surface area contributed by atoms with Gasteiger partial charge in [-0.25, -0.2) is 0 Å². The molecule has 0 radical (unpaired) electrons.